The van der Waals surface area contributed by atoms with Crippen LogP contribution in [0.15, 0.2) is 89.5 Å². The molecule has 28 heavy (non-hydrogen) atoms. The van der Waals surface area contributed by atoms with E-state index in [1.165, 1.54) is 0 Å². The molecule has 2 aromatic heterocycles. The summed E-state index contributed by atoms with van der Waals surface area (Å²) >= 11 is 0. The number of rotatable bonds is 6. The zero-order valence-corrected chi connectivity index (χ0v) is 14.9. The summed E-state index contributed by atoms with van der Waals surface area (Å²) in [5, 5.41) is 20.7. The number of nitrogens with one attached hydrogen (secondary N) is 2. The van der Waals surface area contributed by atoms with Gasteiger partial charge >= 0.3 is 0 Å². The molecule has 140 valence electrons. The molecule has 0 spiro atoms. The Balaban J connectivity index is 1.60. The van der Waals surface area contributed by atoms with Gasteiger partial charge in [-0.2, -0.15) is 5.10 Å². The maximum absolute atomic E-state index is 12.8. The standard InChI is InChI=1S/C22H19N3O3/c26-21(16-10-5-2-6-11-16)20(15-8-3-1-4-9-15)23-22(27)18-14-17(24-25-18)19-12-7-13-28-19/h1-14,20-21,26H,(H,23,27)(H,24,25)/t20-,21+/m1/s1. The largest absolute Gasteiger partial charge is 0.463 e. The Morgan fingerprint density at radius 2 is 1.64 bits per heavy atom. The fourth-order valence-corrected chi connectivity index (χ4v) is 3.06. The fourth-order valence-electron chi connectivity index (χ4n) is 3.06. The minimum Gasteiger partial charge on any atom is -0.463 e. The van der Waals surface area contributed by atoms with E-state index in [4.69, 9.17) is 4.42 Å². The van der Waals surface area contributed by atoms with Crippen LogP contribution >= 0.6 is 0 Å². The van der Waals surface area contributed by atoms with Crippen molar-refractivity contribution in [2.75, 3.05) is 0 Å². The van der Waals surface area contributed by atoms with E-state index in [9.17, 15) is 9.90 Å². The molecule has 0 bridgehead atoms. The molecule has 4 rings (SSSR count). The Morgan fingerprint density at radius 1 is 0.964 bits per heavy atom. The number of aliphatic hydroxyl groups excluding tert-OH is 1. The van der Waals surface area contributed by atoms with Crippen molar-refractivity contribution in [3.05, 3.63) is 102 Å². The summed E-state index contributed by atoms with van der Waals surface area (Å²) in [4.78, 5) is 12.8. The maximum atomic E-state index is 12.8. The van der Waals surface area contributed by atoms with Crippen molar-refractivity contribution < 1.29 is 14.3 Å². The van der Waals surface area contributed by atoms with E-state index in [1.807, 2.05) is 60.7 Å². The highest BCUT2D eigenvalue weighted by Crippen LogP contribution is 2.29. The molecule has 2 atom stereocenters. The predicted octanol–water partition coefficient (Wildman–Crippen LogP) is 3.87. The van der Waals surface area contributed by atoms with Crippen LogP contribution in [0.4, 0.5) is 0 Å². The number of aromatic amines is 1. The van der Waals surface area contributed by atoms with E-state index >= 15 is 0 Å². The molecule has 0 unspecified atom stereocenters. The number of amides is 1. The van der Waals surface area contributed by atoms with Crippen molar-refractivity contribution in [1.82, 2.24) is 15.5 Å². The highest BCUT2D eigenvalue weighted by Gasteiger charge is 2.26. The van der Waals surface area contributed by atoms with E-state index in [-0.39, 0.29) is 5.69 Å². The van der Waals surface area contributed by atoms with E-state index in [1.54, 1.807) is 24.5 Å². The van der Waals surface area contributed by atoms with Crippen molar-refractivity contribution in [2.24, 2.45) is 0 Å². The number of hydrogen-bond acceptors (Lipinski definition) is 4. The molecule has 0 fully saturated rings. The van der Waals surface area contributed by atoms with E-state index in [0.29, 0.717) is 11.5 Å². The summed E-state index contributed by atoms with van der Waals surface area (Å²) in [5.74, 6) is 0.202. The van der Waals surface area contributed by atoms with Gasteiger partial charge in [0.1, 0.15) is 11.8 Å². The van der Waals surface area contributed by atoms with E-state index < -0.39 is 18.1 Å². The molecule has 0 saturated carbocycles. The van der Waals surface area contributed by atoms with Crippen molar-refractivity contribution in [1.29, 1.82) is 0 Å². The first-order valence-electron chi connectivity index (χ1n) is 8.90. The highest BCUT2D eigenvalue weighted by atomic mass is 16.3. The van der Waals surface area contributed by atoms with Gasteiger partial charge in [0.2, 0.25) is 0 Å². The number of carbonyl (C=O) groups excluding carboxylic acids is 1. The van der Waals surface area contributed by atoms with Gasteiger partial charge in [-0.3, -0.25) is 9.89 Å². The van der Waals surface area contributed by atoms with Gasteiger partial charge in [0, 0.05) is 6.07 Å². The molecule has 0 radical (unpaired) electrons. The third-order valence-corrected chi connectivity index (χ3v) is 4.50. The van der Waals surface area contributed by atoms with Crippen molar-refractivity contribution in [2.45, 2.75) is 12.1 Å². The lowest BCUT2D eigenvalue weighted by molar-refractivity contribution is 0.0827. The minimum absolute atomic E-state index is 0.215. The number of H-pyrrole nitrogens is 1. The Bertz CT molecular complexity index is 1030. The first kappa shape index (κ1) is 17.8. The SMILES string of the molecule is O=C(N[C@H](c1ccccc1)[C@@H](O)c1ccccc1)c1cc(-c2ccco2)[nH]n1. The lowest BCUT2D eigenvalue weighted by Gasteiger charge is -2.24. The average Bonchev–Trinajstić information content (AvgIpc) is 3.44. The van der Waals surface area contributed by atoms with E-state index in [2.05, 4.69) is 15.5 Å². The summed E-state index contributed by atoms with van der Waals surface area (Å²) in [7, 11) is 0. The van der Waals surface area contributed by atoms with Crippen LogP contribution in [-0.2, 0) is 0 Å². The lowest BCUT2D eigenvalue weighted by Crippen LogP contribution is -2.33. The Kier molecular flexibility index (Phi) is 5.03. The van der Waals surface area contributed by atoms with Crippen LogP contribution in [0.3, 0.4) is 0 Å². The van der Waals surface area contributed by atoms with Gasteiger partial charge in [0.25, 0.3) is 5.91 Å². The van der Waals surface area contributed by atoms with Crippen LogP contribution in [0.5, 0.6) is 0 Å². The number of nitrogens with zero attached hydrogens (tertiary/aromatic N) is 1. The summed E-state index contributed by atoms with van der Waals surface area (Å²) in [6, 6.07) is 23.2. The van der Waals surface area contributed by atoms with Crippen LogP contribution in [0.1, 0.15) is 33.8 Å². The quantitative estimate of drug-likeness (QED) is 0.478. The van der Waals surface area contributed by atoms with Crippen LogP contribution in [0, 0.1) is 0 Å². The fraction of sp³-hybridized carbons (Fsp3) is 0.0909. The maximum Gasteiger partial charge on any atom is 0.272 e. The van der Waals surface area contributed by atoms with Crippen molar-refractivity contribution in [3.63, 3.8) is 0 Å². The topological polar surface area (TPSA) is 91.1 Å². The average molecular weight is 373 g/mol. The summed E-state index contributed by atoms with van der Waals surface area (Å²) in [6.45, 7) is 0. The molecule has 6 nitrogen and oxygen atoms in total. The van der Waals surface area contributed by atoms with Crippen molar-refractivity contribution in [3.8, 4) is 11.5 Å². The van der Waals surface area contributed by atoms with E-state index in [0.717, 1.165) is 11.1 Å². The smallest absolute Gasteiger partial charge is 0.272 e. The minimum atomic E-state index is -0.906. The molecule has 4 aromatic rings. The number of furan rings is 1. The summed E-state index contributed by atoms with van der Waals surface area (Å²) in [6.07, 6.45) is 0.647. The summed E-state index contributed by atoms with van der Waals surface area (Å²) in [5.41, 5.74) is 2.34. The van der Waals surface area contributed by atoms with Crippen molar-refractivity contribution >= 4 is 5.91 Å². The second kappa shape index (κ2) is 7.94. The number of aliphatic hydroxyl groups is 1. The molecular weight excluding hydrogens is 354 g/mol. The third-order valence-electron chi connectivity index (χ3n) is 4.50. The number of hydrogen-bond donors (Lipinski definition) is 3. The van der Waals surface area contributed by atoms with Crippen LogP contribution in [0.2, 0.25) is 0 Å². The molecule has 1 amide bonds. The van der Waals surface area contributed by atoms with Gasteiger partial charge < -0.3 is 14.8 Å². The molecular formula is C22H19N3O3. The van der Waals surface area contributed by atoms with Gasteiger partial charge in [0.05, 0.1) is 12.3 Å². The monoisotopic (exact) mass is 373 g/mol. The molecule has 0 saturated heterocycles. The Hall–Kier alpha value is -3.64. The number of aromatic nitrogens is 2. The van der Waals surface area contributed by atoms with Gasteiger partial charge in [-0.15, -0.1) is 0 Å². The molecule has 0 aliphatic heterocycles. The van der Waals surface area contributed by atoms with Crippen LogP contribution in [-0.4, -0.2) is 21.2 Å². The lowest BCUT2D eigenvalue weighted by atomic mass is 9.95. The van der Waals surface area contributed by atoms with Gasteiger partial charge in [-0.05, 0) is 23.3 Å². The Morgan fingerprint density at radius 3 is 2.29 bits per heavy atom. The predicted molar refractivity (Wildman–Crippen MR) is 104 cm³/mol. The van der Waals surface area contributed by atoms with Crippen LogP contribution in [0.25, 0.3) is 11.5 Å². The highest BCUT2D eigenvalue weighted by molar-refractivity contribution is 5.93. The summed E-state index contributed by atoms with van der Waals surface area (Å²) < 4.78 is 5.32. The number of benzene rings is 2. The first-order valence-corrected chi connectivity index (χ1v) is 8.90. The van der Waals surface area contributed by atoms with Crippen LogP contribution < -0.4 is 5.32 Å². The molecule has 3 N–H and O–H groups in total. The third kappa shape index (κ3) is 3.72. The zero-order chi connectivity index (χ0) is 19.3. The number of carbonyl (C=O) groups is 1. The second-order valence-electron chi connectivity index (χ2n) is 6.36. The molecule has 2 heterocycles. The first-order chi connectivity index (χ1) is 13.7. The molecule has 2 aromatic carbocycles. The molecule has 0 aliphatic carbocycles. The van der Waals surface area contributed by atoms with Gasteiger partial charge in [0.15, 0.2) is 11.5 Å². The molecule has 0 aliphatic rings. The van der Waals surface area contributed by atoms with Gasteiger partial charge in [-0.1, -0.05) is 60.7 Å². The van der Waals surface area contributed by atoms with Gasteiger partial charge in [-0.25, -0.2) is 0 Å². The normalized spacial score (nSPS) is 13.0. The zero-order valence-electron chi connectivity index (χ0n) is 14.9. The molecule has 6 heteroatoms. The second-order valence-corrected chi connectivity index (χ2v) is 6.36. The Labute approximate surface area is 161 Å².